The molecule has 56 heavy (non-hydrogen) atoms. The minimum atomic E-state index is -0.215. The van der Waals surface area contributed by atoms with E-state index in [1.807, 2.05) is 60.7 Å². The Morgan fingerprint density at radius 2 is 1.11 bits per heavy atom. The van der Waals surface area contributed by atoms with E-state index in [2.05, 4.69) is 94.9 Å². The molecular weight excluding hydrogens is 766 g/mol. The van der Waals surface area contributed by atoms with Gasteiger partial charge in [0.05, 0.1) is 29.3 Å². The molecule has 1 amide bonds. The smallest absolute Gasteiger partial charge is 0.251 e. The van der Waals surface area contributed by atoms with Crippen molar-refractivity contribution >= 4 is 71.9 Å². The first kappa shape index (κ1) is 37.3. The number of rotatable bonds is 3. The molecule has 0 radical (unpaired) electrons. The van der Waals surface area contributed by atoms with E-state index in [0.717, 1.165) is 49.1 Å². The minimum absolute atomic E-state index is 0.0218. The highest BCUT2D eigenvalue weighted by atomic mass is 79.9. The van der Waals surface area contributed by atoms with E-state index in [4.69, 9.17) is 0 Å². The van der Waals surface area contributed by atoms with Gasteiger partial charge in [0.25, 0.3) is 5.91 Å². The quantitative estimate of drug-likeness (QED) is 0.141. The predicted molar refractivity (Wildman–Crippen MR) is 224 cm³/mol. The van der Waals surface area contributed by atoms with Gasteiger partial charge in [-0.2, -0.15) is 0 Å². The van der Waals surface area contributed by atoms with Crippen LogP contribution in [0.2, 0.25) is 0 Å². The molecule has 0 aliphatic heterocycles. The number of benzene rings is 3. The molecule has 10 rings (SSSR count). The number of nitrogens with zero attached hydrogens (tertiary/aromatic N) is 1. The number of aromatic amines is 3. The Kier molecular flexibility index (Phi) is 9.03. The van der Waals surface area contributed by atoms with Crippen LogP contribution in [0, 0.1) is 0 Å². The van der Waals surface area contributed by atoms with Crippen LogP contribution < -0.4 is 5.32 Å². The first-order valence-corrected chi connectivity index (χ1v) is 19.7. The van der Waals surface area contributed by atoms with Gasteiger partial charge in [-0.05, 0) is 87.5 Å². The summed E-state index contributed by atoms with van der Waals surface area (Å²) < 4.78 is 1.05. The number of nitrogens with one attached hydrogen (secondary N) is 4. The number of para-hydroxylation sites is 1. The number of fused-ring (bicyclic) bond motifs is 9. The number of hydrogen-bond donors (Lipinski definition) is 4. The molecule has 0 saturated carbocycles. The highest BCUT2D eigenvalue weighted by Crippen LogP contribution is 2.45. The molecule has 0 unspecified atom stereocenters. The Morgan fingerprint density at radius 3 is 1.66 bits per heavy atom. The maximum absolute atomic E-state index is 12.5. The van der Waals surface area contributed by atoms with Crippen molar-refractivity contribution in [3.05, 3.63) is 135 Å². The van der Waals surface area contributed by atoms with Gasteiger partial charge in [0.2, 0.25) is 0 Å². The number of amides is 1. The normalized spacial score (nSPS) is 16.9. The van der Waals surface area contributed by atoms with Gasteiger partial charge in [-0.25, -0.2) is 0 Å². The first-order valence-electron chi connectivity index (χ1n) is 18.9. The third kappa shape index (κ3) is 6.49. The molecule has 3 aliphatic carbocycles. The van der Waals surface area contributed by atoms with E-state index < -0.39 is 0 Å². The van der Waals surface area contributed by atoms with Gasteiger partial charge in [-0.3, -0.25) is 24.2 Å². The van der Waals surface area contributed by atoms with E-state index in [-0.39, 0.29) is 39.5 Å². The number of pyridine rings is 1. The second-order valence-corrected chi connectivity index (χ2v) is 18.0. The monoisotopic (exact) mass is 809 g/mol. The number of halogens is 1. The Morgan fingerprint density at radius 1 is 0.625 bits per heavy atom. The molecule has 4 N–H and O–H groups in total. The van der Waals surface area contributed by atoms with Crippen molar-refractivity contribution in [3.63, 3.8) is 0 Å². The Balaban J connectivity index is 0.000000124. The average molecular weight is 811 g/mol. The van der Waals surface area contributed by atoms with Crippen molar-refractivity contribution in [2.24, 2.45) is 0 Å². The van der Waals surface area contributed by atoms with Crippen LogP contribution in [0.1, 0.15) is 125 Å². The number of carbonyl (C=O) groups excluding carboxylic acids is 4. The second kappa shape index (κ2) is 13.5. The molecule has 4 aromatic heterocycles. The predicted octanol–water partition coefficient (Wildman–Crippen LogP) is 10.2. The minimum Gasteiger partial charge on any atom is -0.352 e. The molecule has 0 fully saturated rings. The fourth-order valence-electron chi connectivity index (χ4n) is 8.89. The maximum atomic E-state index is 12.5. The van der Waals surface area contributed by atoms with Crippen molar-refractivity contribution in [1.82, 2.24) is 25.3 Å². The van der Waals surface area contributed by atoms with Crippen LogP contribution in [0.4, 0.5) is 0 Å². The third-order valence-corrected chi connectivity index (χ3v) is 11.9. The molecule has 0 atom stereocenters. The lowest BCUT2D eigenvalue weighted by Gasteiger charge is -2.17. The van der Waals surface area contributed by atoms with E-state index in [1.165, 1.54) is 21.9 Å². The molecule has 3 aromatic carbocycles. The number of hydrogen-bond acceptors (Lipinski definition) is 5. The highest BCUT2D eigenvalue weighted by molar-refractivity contribution is 9.10. The van der Waals surface area contributed by atoms with Gasteiger partial charge in [0, 0.05) is 68.2 Å². The van der Waals surface area contributed by atoms with Gasteiger partial charge < -0.3 is 20.3 Å². The summed E-state index contributed by atoms with van der Waals surface area (Å²) in [5.41, 5.74) is 9.83. The van der Waals surface area contributed by atoms with Gasteiger partial charge in [-0.1, -0.05) is 81.7 Å². The van der Waals surface area contributed by atoms with Crippen LogP contribution in [0.5, 0.6) is 0 Å². The van der Waals surface area contributed by atoms with E-state index in [1.54, 1.807) is 12.3 Å². The highest BCUT2D eigenvalue weighted by Gasteiger charge is 2.41. The molecule has 0 spiro atoms. The zero-order valence-electron chi connectivity index (χ0n) is 32.4. The molecule has 4 heterocycles. The van der Waals surface area contributed by atoms with Crippen LogP contribution >= 0.6 is 15.9 Å². The summed E-state index contributed by atoms with van der Waals surface area (Å²) in [6.45, 7) is 13.0. The summed E-state index contributed by atoms with van der Waals surface area (Å²) in [7, 11) is 0. The number of Topliss-reactive ketones (excluding diaryl/α,β-unsaturated/α-hetero) is 3. The van der Waals surface area contributed by atoms with Gasteiger partial charge >= 0.3 is 0 Å². The topological polar surface area (TPSA) is 141 Å². The lowest BCUT2D eigenvalue weighted by Crippen LogP contribution is -2.23. The molecule has 0 bridgehead atoms. The van der Waals surface area contributed by atoms with Gasteiger partial charge in [0.1, 0.15) is 0 Å². The molecule has 0 saturated heterocycles. The average Bonchev–Trinajstić information content (AvgIpc) is 3.96. The van der Waals surface area contributed by atoms with Crippen molar-refractivity contribution in [1.29, 1.82) is 0 Å². The molecular formula is C46H44BrN5O4. The Labute approximate surface area is 333 Å². The van der Waals surface area contributed by atoms with Crippen LogP contribution in [-0.4, -0.2) is 43.2 Å². The maximum Gasteiger partial charge on any atom is 0.251 e. The van der Waals surface area contributed by atoms with Crippen molar-refractivity contribution in [2.45, 2.75) is 83.6 Å². The number of H-pyrrole nitrogens is 3. The largest absolute Gasteiger partial charge is 0.352 e. The fourth-order valence-corrected chi connectivity index (χ4v) is 9.25. The Bertz CT molecular complexity index is 2750. The fraction of sp³-hybridized carbons (Fsp3) is 0.283. The summed E-state index contributed by atoms with van der Waals surface area (Å²) >= 11 is 3.48. The van der Waals surface area contributed by atoms with Crippen LogP contribution in [0.15, 0.2) is 89.5 Å². The van der Waals surface area contributed by atoms with E-state index in [0.29, 0.717) is 37.1 Å². The van der Waals surface area contributed by atoms with Gasteiger partial charge in [0.15, 0.2) is 17.3 Å². The summed E-state index contributed by atoms with van der Waals surface area (Å²) in [6, 6.07) is 25.3. The Hall–Kier alpha value is -5.61. The summed E-state index contributed by atoms with van der Waals surface area (Å²) in [6.07, 6.45) is 3.44. The lowest BCUT2D eigenvalue weighted by molar-refractivity contribution is 0.0946. The summed E-state index contributed by atoms with van der Waals surface area (Å²) in [4.78, 5) is 62.3. The van der Waals surface area contributed by atoms with Crippen LogP contribution in [-0.2, 0) is 22.8 Å². The second-order valence-electron chi connectivity index (χ2n) is 17.1. The summed E-state index contributed by atoms with van der Waals surface area (Å²) in [5.74, 6) is 0.459. The zero-order valence-corrected chi connectivity index (χ0v) is 34.0. The van der Waals surface area contributed by atoms with E-state index >= 15 is 0 Å². The van der Waals surface area contributed by atoms with Crippen LogP contribution in [0.3, 0.4) is 0 Å². The first-order chi connectivity index (χ1) is 26.5. The molecule has 10 heteroatoms. The number of aromatic nitrogens is 4. The van der Waals surface area contributed by atoms with Gasteiger partial charge in [-0.15, -0.1) is 0 Å². The molecule has 7 aromatic rings. The number of ketones is 3. The van der Waals surface area contributed by atoms with Crippen LogP contribution in [0.25, 0.3) is 32.7 Å². The van der Waals surface area contributed by atoms with Crippen molar-refractivity contribution < 1.29 is 19.2 Å². The third-order valence-electron chi connectivity index (χ3n) is 11.4. The van der Waals surface area contributed by atoms with Crippen molar-refractivity contribution in [3.8, 4) is 0 Å². The molecule has 284 valence electrons. The zero-order chi connectivity index (χ0) is 39.7. The molecule has 3 aliphatic rings. The van der Waals surface area contributed by atoms with E-state index in [9.17, 15) is 19.2 Å². The standard InChI is InChI=1S/C20H19N3O2.C13H12BrNO.C13H13NO/c1-20(2)10-16(24)18-17(20)14-9-12(6-7-15(14)23-18)19(25)22-11-13-5-3-4-8-21-13;1-13(2)6-10(16)12-11(13)8-5-7(14)3-4-9(8)15-12;1-13(2)7-10(15)12-11(13)8-5-3-4-6-9(8)14-12/h3-9,23H,10-11H2,1-2H3,(H,22,25);3-5,15H,6H2,1-2H3;3-6,14H,7H2,1-2H3. The molecule has 9 nitrogen and oxygen atoms in total. The summed E-state index contributed by atoms with van der Waals surface area (Å²) in [5, 5.41) is 6.21. The lowest BCUT2D eigenvalue weighted by atomic mass is 9.85. The SMILES string of the molecule is CC1(C)CC(=O)c2[nH]c3ccc(Br)cc3c21.CC1(C)CC(=O)c2[nH]c3ccc(C(=O)NCc4ccccn4)cc3c21.CC1(C)CC(=O)c2[nH]c3ccccc3c21. The number of carbonyl (C=O) groups is 4. The van der Waals surface area contributed by atoms with Crippen molar-refractivity contribution in [2.75, 3.05) is 0 Å².